The molecule has 1 heterocycles. The highest BCUT2D eigenvalue weighted by Crippen LogP contribution is 2.19. The van der Waals surface area contributed by atoms with Crippen molar-refractivity contribution in [3.05, 3.63) is 88.2 Å². The van der Waals surface area contributed by atoms with Crippen molar-refractivity contribution in [1.82, 2.24) is 14.8 Å². The van der Waals surface area contributed by atoms with Gasteiger partial charge in [0.05, 0.1) is 10.5 Å². The molecule has 0 fully saturated rings. The highest BCUT2D eigenvalue weighted by Gasteiger charge is 2.17. The summed E-state index contributed by atoms with van der Waals surface area (Å²) in [5.41, 5.74) is 5.72. The van der Waals surface area contributed by atoms with Gasteiger partial charge in [-0.05, 0) is 61.8 Å². The number of amides is 1. The summed E-state index contributed by atoms with van der Waals surface area (Å²) >= 11 is 0. The van der Waals surface area contributed by atoms with E-state index in [2.05, 4.69) is 40.8 Å². The van der Waals surface area contributed by atoms with Crippen molar-refractivity contribution in [3.63, 3.8) is 0 Å². The van der Waals surface area contributed by atoms with Crippen LogP contribution in [-0.2, 0) is 29.7 Å². The number of nitrogens with one attached hydrogen (secondary N) is 1. The molecule has 0 saturated heterocycles. The summed E-state index contributed by atoms with van der Waals surface area (Å²) in [5, 5.41) is 8.26. The number of primary sulfonamides is 1. The summed E-state index contributed by atoms with van der Waals surface area (Å²) in [4.78, 5) is 15.5. The van der Waals surface area contributed by atoms with Crippen LogP contribution in [0.15, 0.2) is 59.5 Å². The zero-order chi connectivity index (χ0) is 24.9. The Balaban J connectivity index is 1.72. The lowest BCUT2D eigenvalue weighted by Gasteiger charge is -2.20. The minimum absolute atomic E-state index is 0.0820. The van der Waals surface area contributed by atoms with Crippen molar-refractivity contribution < 1.29 is 13.2 Å². The molecule has 1 amide bonds. The molecule has 182 valence electrons. The first-order chi connectivity index (χ1) is 16.1. The van der Waals surface area contributed by atoms with Crippen LogP contribution in [0.25, 0.3) is 0 Å². The topological polar surface area (TPSA) is 97.4 Å². The molecule has 0 atom stereocenters. The molecule has 0 aliphatic rings. The van der Waals surface area contributed by atoms with E-state index in [1.165, 1.54) is 17.7 Å². The van der Waals surface area contributed by atoms with Crippen LogP contribution in [0.3, 0.4) is 0 Å². The molecule has 7 nitrogen and oxygen atoms in total. The number of sulfonamides is 1. The monoisotopic (exact) mass is 482 g/mol. The van der Waals surface area contributed by atoms with Gasteiger partial charge in [-0.3, -0.25) is 9.69 Å². The highest BCUT2D eigenvalue weighted by atomic mass is 32.2. The largest absolute Gasteiger partial charge is 0.348 e. The van der Waals surface area contributed by atoms with Crippen molar-refractivity contribution in [1.29, 1.82) is 0 Å². The van der Waals surface area contributed by atoms with E-state index in [-0.39, 0.29) is 10.8 Å². The maximum absolute atomic E-state index is 13.0. The Kier molecular flexibility index (Phi) is 8.30. The number of rotatable bonds is 10. The first-order valence-electron chi connectivity index (χ1n) is 11.5. The number of carbonyl (C=O) groups excluding carboxylic acids is 1. The molecule has 3 N–H and O–H groups in total. The molecule has 0 unspecified atom stereocenters. The maximum Gasteiger partial charge on any atom is 0.253 e. The molecule has 0 spiro atoms. The molecule has 3 rings (SSSR count). The van der Waals surface area contributed by atoms with Crippen LogP contribution in [-0.4, -0.2) is 36.9 Å². The Bertz CT molecular complexity index is 1240. The summed E-state index contributed by atoms with van der Waals surface area (Å²) in [7, 11) is -3.72. The lowest BCUT2D eigenvalue weighted by atomic mass is 10.1. The number of nitrogens with zero attached hydrogens (tertiary/aromatic N) is 2. The fourth-order valence-corrected chi connectivity index (χ4v) is 4.60. The van der Waals surface area contributed by atoms with E-state index >= 15 is 0 Å². The van der Waals surface area contributed by atoms with Gasteiger partial charge in [-0.15, -0.1) is 0 Å². The van der Waals surface area contributed by atoms with Crippen LogP contribution >= 0.6 is 0 Å². The maximum atomic E-state index is 13.0. The Labute approximate surface area is 202 Å². The van der Waals surface area contributed by atoms with Crippen LogP contribution in [0.1, 0.15) is 52.3 Å². The van der Waals surface area contributed by atoms with Crippen LogP contribution in [0.4, 0.5) is 0 Å². The second-order valence-electron chi connectivity index (χ2n) is 8.47. The number of hydrogen-bond donors (Lipinski definition) is 2. The van der Waals surface area contributed by atoms with Crippen LogP contribution < -0.4 is 10.5 Å². The van der Waals surface area contributed by atoms with Gasteiger partial charge >= 0.3 is 0 Å². The Morgan fingerprint density at radius 3 is 2.21 bits per heavy atom. The summed E-state index contributed by atoms with van der Waals surface area (Å²) < 4.78 is 25.0. The van der Waals surface area contributed by atoms with E-state index in [0.717, 1.165) is 42.1 Å². The van der Waals surface area contributed by atoms with Gasteiger partial charge in [-0.1, -0.05) is 50.2 Å². The van der Waals surface area contributed by atoms with Crippen molar-refractivity contribution in [2.75, 3.05) is 13.1 Å². The molecule has 0 aliphatic heterocycles. The third-order valence-corrected chi connectivity index (χ3v) is 7.19. The average molecular weight is 483 g/mol. The average Bonchev–Trinajstić information content (AvgIpc) is 3.09. The summed E-state index contributed by atoms with van der Waals surface area (Å²) in [6, 6.07) is 16.6. The standard InChI is InChI=1S/C26H34N4O3S/c1-5-29(6-2)18-23-10-8-7-9-22(23)16-28-26(31)25-15-19(3)30(20(25)4)17-21-11-13-24(14-12-21)34(27,32)33/h7-15H,5-6,16-18H2,1-4H3,(H,28,31)(H2,27,32,33). The molecule has 3 aromatic rings. The number of aryl methyl sites for hydroxylation is 1. The van der Waals surface area contributed by atoms with E-state index in [1.54, 1.807) is 12.1 Å². The van der Waals surface area contributed by atoms with Gasteiger partial charge < -0.3 is 9.88 Å². The second kappa shape index (κ2) is 11.0. The SMILES string of the molecule is CCN(CC)Cc1ccccc1CNC(=O)c1cc(C)n(Cc2ccc(S(N)(=O)=O)cc2)c1C. The lowest BCUT2D eigenvalue weighted by Crippen LogP contribution is -2.26. The van der Waals surface area contributed by atoms with Crippen LogP contribution in [0, 0.1) is 13.8 Å². The normalized spacial score (nSPS) is 11.7. The summed E-state index contributed by atoms with van der Waals surface area (Å²) in [5.74, 6) is -0.110. The van der Waals surface area contributed by atoms with Gasteiger partial charge in [0, 0.05) is 31.0 Å². The van der Waals surface area contributed by atoms with Gasteiger partial charge in [-0.25, -0.2) is 13.6 Å². The number of aromatic nitrogens is 1. The number of nitrogens with two attached hydrogens (primary N) is 1. The minimum Gasteiger partial charge on any atom is -0.348 e. The molecular formula is C26H34N4O3S. The zero-order valence-electron chi connectivity index (χ0n) is 20.3. The number of hydrogen-bond acceptors (Lipinski definition) is 4. The van der Waals surface area contributed by atoms with Gasteiger partial charge in [0.2, 0.25) is 10.0 Å². The Hall–Kier alpha value is -2.94. The van der Waals surface area contributed by atoms with E-state index < -0.39 is 10.0 Å². The molecule has 0 bridgehead atoms. The number of carbonyl (C=O) groups is 1. The Morgan fingerprint density at radius 1 is 1.00 bits per heavy atom. The molecular weight excluding hydrogens is 448 g/mol. The van der Waals surface area contributed by atoms with Crippen molar-refractivity contribution in [3.8, 4) is 0 Å². The summed E-state index contributed by atoms with van der Waals surface area (Å²) in [6.45, 7) is 12.0. The molecule has 1 aromatic heterocycles. The van der Waals surface area contributed by atoms with Crippen molar-refractivity contribution in [2.45, 2.75) is 52.2 Å². The van der Waals surface area contributed by atoms with E-state index in [1.807, 2.05) is 32.0 Å². The second-order valence-corrected chi connectivity index (χ2v) is 10.0. The molecule has 0 saturated carbocycles. The highest BCUT2D eigenvalue weighted by molar-refractivity contribution is 7.89. The van der Waals surface area contributed by atoms with E-state index in [4.69, 9.17) is 5.14 Å². The fourth-order valence-electron chi connectivity index (χ4n) is 4.08. The molecule has 34 heavy (non-hydrogen) atoms. The van der Waals surface area contributed by atoms with Gasteiger partial charge in [0.1, 0.15) is 0 Å². The lowest BCUT2D eigenvalue weighted by molar-refractivity contribution is 0.0950. The van der Waals surface area contributed by atoms with Crippen LogP contribution in [0.5, 0.6) is 0 Å². The van der Waals surface area contributed by atoms with E-state index in [9.17, 15) is 13.2 Å². The van der Waals surface area contributed by atoms with E-state index in [0.29, 0.717) is 18.7 Å². The Morgan fingerprint density at radius 2 is 1.62 bits per heavy atom. The zero-order valence-corrected chi connectivity index (χ0v) is 21.2. The predicted octanol–water partition coefficient (Wildman–Crippen LogP) is 3.57. The fraction of sp³-hybridized carbons (Fsp3) is 0.346. The van der Waals surface area contributed by atoms with Crippen LogP contribution in [0.2, 0.25) is 0 Å². The first kappa shape index (κ1) is 25.7. The third-order valence-electron chi connectivity index (χ3n) is 6.26. The van der Waals surface area contributed by atoms with Crippen molar-refractivity contribution >= 4 is 15.9 Å². The first-order valence-corrected chi connectivity index (χ1v) is 13.0. The predicted molar refractivity (Wildman–Crippen MR) is 135 cm³/mol. The number of benzene rings is 2. The van der Waals surface area contributed by atoms with Gasteiger partial charge in [0.25, 0.3) is 5.91 Å². The summed E-state index contributed by atoms with van der Waals surface area (Å²) in [6.07, 6.45) is 0. The molecule has 0 radical (unpaired) electrons. The third kappa shape index (κ3) is 6.14. The quantitative estimate of drug-likeness (QED) is 0.462. The minimum atomic E-state index is -3.72. The van der Waals surface area contributed by atoms with Crippen molar-refractivity contribution in [2.24, 2.45) is 5.14 Å². The molecule has 8 heteroatoms. The smallest absolute Gasteiger partial charge is 0.253 e. The molecule has 2 aromatic carbocycles. The molecule has 0 aliphatic carbocycles. The van der Waals surface area contributed by atoms with Gasteiger partial charge in [-0.2, -0.15) is 0 Å². The van der Waals surface area contributed by atoms with Gasteiger partial charge in [0.15, 0.2) is 0 Å².